The van der Waals surface area contributed by atoms with Crippen LogP contribution in [0.25, 0.3) is 0 Å². The molecule has 0 bridgehead atoms. The highest BCUT2D eigenvalue weighted by atomic mass is 16.3. The van der Waals surface area contributed by atoms with E-state index in [2.05, 4.69) is 17.6 Å². The number of phenols is 2. The monoisotopic (exact) mass is 343 g/mol. The van der Waals surface area contributed by atoms with Crippen LogP contribution >= 0.6 is 0 Å². The van der Waals surface area contributed by atoms with Crippen LogP contribution in [0.3, 0.4) is 0 Å². The number of likely N-dealkylation sites (N-methyl/N-ethyl adjacent to an activating group) is 1. The van der Waals surface area contributed by atoms with Gasteiger partial charge in [-0.1, -0.05) is 31.2 Å². The summed E-state index contributed by atoms with van der Waals surface area (Å²) in [6, 6.07) is 15.1. The lowest BCUT2D eigenvalue weighted by Gasteiger charge is -2.23. The van der Waals surface area contributed by atoms with E-state index < -0.39 is 0 Å². The van der Waals surface area contributed by atoms with Crippen molar-refractivity contribution in [3.05, 3.63) is 59.7 Å². The topological polar surface area (TPSA) is 90.5 Å². The number of hydrogen-bond acceptors (Lipinski definition) is 5. The maximum Gasteiger partial charge on any atom is 0.115 e. The van der Waals surface area contributed by atoms with Gasteiger partial charge in [0, 0.05) is 25.2 Å². The van der Waals surface area contributed by atoms with Crippen molar-refractivity contribution < 1.29 is 10.2 Å². The molecular formula is C20H29N3O2. The fourth-order valence-corrected chi connectivity index (χ4v) is 2.89. The van der Waals surface area contributed by atoms with Gasteiger partial charge in [-0.3, -0.25) is 0 Å². The zero-order valence-electron chi connectivity index (χ0n) is 14.8. The van der Waals surface area contributed by atoms with Crippen LogP contribution in [-0.2, 0) is 12.8 Å². The summed E-state index contributed by atoms with van der Waals surface area (Å²) >= 11 is 0. The number of benzene rings is 2. The van der Waals surface area contributed by atoms with Crippen LogP contribution in [0.5, 0.6) is 11.5 Å². The molecular weight excluding hydrogens is 314 g/mol. The molecule has 5 nitrogen and oxygen atoms in total. The Morgan fingerprint density at radius 3 is 1.72 bits per heavy atom. The van der Waals surface area contributed by atoms with Crippen molar-refractivity contribution in [3.63, 3.8) is 0 Å². The maximum absolute atomic E-state index is 9.40. The summed E-state index contributed by atoms with van der Waals surface area (Å²) in [5.41, 5.74) is 8.26. The van der Waals surface area contributed by atoms with Gasteiger partial charge in [-0.15, -0.1) is 0 Å². The van der Waals surface area contributed by atoms with Crippen molar-refractivity contribution in [2.24, 2.45) is 5.73 Å². The summed E-state index contributed by atoms with van der Waals surface area (Å²) in [5.74, 6) is 0.570. The Hall–Kier alpha value is -2.08. The van der Waals surface area contributed by atoms with Gasteiger partial charge in [0.2, 0.25) is 0 Å². The highest BCUT2D eigenvalue weighted by Gasteiger charge is 2.13. The van der Waals surface area contributed by atoms with Gasteiger partial charge in [0.15, 0.2) is 0 Å². The molecule has 0 saturated carbocycles. The van der Waals surface area contributed by atoms with Gasteiger partial charge >= 0.3 is 0 Å². The Bertz CT molecular complexity index is 614. The molecule has 0 aliphatic heterocycles. The second kappa shape index (κ2) is 10.0. The lowest BCUT2D eigenvalue weighted by molar-refractivity contribution is 0.433. The quantitative estimate of drug-likeness (QED) is 0.454. The first-order valence-corrected chi connectivity index (χ1v) is 8.83. The molecule has 0 unspecified atom stereocenters. The molecule has 5 heteroatoms. The molecule has 0 aromatic heterocycles. The van der Waals surface area contributed by atoms with Gasteiger partial charge in [-0.25, -0.2) is 0 Å². The zero-order chi connectivity index (χ0) is 18.1. The molecule has 25 heavy (non-hydrogen) atoms. The van der Waals surface area contributed by atoms with Crippen LogP contribution in [-0.4, -0.2) is 41.9 Å². The van der Waals surface area contributed by atoms with E-state index in [1.165, 1.54) is 5.56 Å². The Balaban J connectivity index is 1.88. The van der Waals surface area contributed by atoms with E-state index in [-0.39, 0.29) is 11.8 Å². The number of rotatable bonds is 10. The second-order valence-electron chi connectivity index (χ2n) is 6.34. The van der Waals surface area contributed by atoms with Gasteiger partial charge < -0.3 is 26.6 Å². The van der Waals surface area contributed by atoms with Crippen molar-refractivity contribution in [2.75, 3.05) is 19.6 Å². The summed E-state index contributed by atoms with van der Waals surface area (Å²) in [5, 5.41) is 25.8. The van der Waals surface area contributed by atoms with E-state index in [1.54, 1.807) is 24.3 Å². The largest absolute Gasteiger partial charge is 0.508 e. The van der Waals surface area contributed by atoms with E-state index in [9.17, 15) is 10.2 Å². The van der Waals surface area contributed by atoms with Crippen LogP contribution in [0, 0.1) is 0 Å². The Labute approximate surface area is 149 Å². The lowest BCUT2D eigenvalue weighted by atomic mass is 10.0. The van der Waals surface area contributed by atoms with E-state index in [1.807, 2.05) is 24.3 Å². The third-order valence-corrected chi connectivity index (χ3v) is 4.27. The van der Waals surface area contributed by atoms with Crippen LogP contribution in [0.1, 0.15) is 18.1 Å². The number of nitrogens with two attached hydrogens (primary N) is 1. The first kappa shape index (κ1) is 19.2. The van der Waals surface area contributed by atoms with Crippen molar-refractivity contribution in [2.45, 2.75) is 31.8 Å². The van der Waals surface area contributed by atoms with E-state index >= 15 is 0 Å². The lowest BCUT2D eigenvalue weighted by Crippen LogP contribution is -2.46. The summed E-state index contributed by atoms with van der Waals surface area (Å²) in [6.45, 7) is 4.37. The molecule has 0 aliphatic carbocycles. The first-order valence-electron chi connectivity index (χ1n) is 8.83. The Morgan fingerprint density at radius 1 is 0.800 bits per heavy atom. The average molecular weight is 343 g/mol. The summed E-state index contributed by atoms with van der Waals surface area (Å²) in [6.07, 6.45) is 1.71. The molecule has 2 aromatic carbocycles. The van der Waals surface area contributed by atoms with Crippen molar-refractivity contribution in [1.82, 2.24) is 10.6 Å². The molecule has 0 spiro atoms. The predicted molar refractivity (Wildman–Crippen MR) is 102 cm³/mol. The van der Waals surface area contributed by atoms with Gasteiger partial charge in [0.1, 0.15) is 11.5 Å². The normalized spacial score (nSPS) is 13.5. The molecule has 0 radical (unpaired) electrons. The minimum absolute atomic E-state index is 0.186. The maximum atomic E-state index is 9.40. The van der Waals surface area contributed by atoms with Gasteiger partial charge in [0.25, 0.3) is 0 Å². The highest BCUT2D eigenvalue weighted by Crippen LogP contribution is 2.12. The molecule has 0 saturated heterocycles. The van der Waals surface area contributed by atoms with Crippen molar-refractivity contribution in [1.29, 1.82) is 0 Å². The fourth-order valence-electron chi connectivity index (χ4n) is 2.89. The van der Waals surface area contributed by atoms with E-state index in [4.69, 9.17) is 5.73 Å². The predicted octanol–water partition coefficient (Wildman–Crippen LogP) is 1.78. The minimum Gasteiger partial charge on any atom is -0.508 e. The first-order chi connectivity index (χ1) is 12.1. The van der Waals surface area contributed by atoms with Gasteiger partial charge in [-0.05, 0) is 54.8 Å². The number of nitrogens with one attached hydrogen (secondary N) is 2. The summed E-state index contributed by atoms with van der Waals surface area (Å²) < 4.78 is 0. The molecule has 2 rings (SSSR count). The smallest absolute Gasteiger partial charge is 0.115 e. The summed E-state index contributed by atoms with van der Waals surface area (Å²) in [4.78, 5) is 0. The molecule has 136 valence electrons. The fraction of sp³-hybridized carbons (Fsp3) is 0.400. The van der Waals surface area contributed by atoms with Crippen LogP contribution in [0.15, 0.2) is 48.5 Å². The van der Waals surface area contributed by atoms with Crippen molar-refractivity contribution in [3.8, 4) is 11.5 Å². The number of aromatic hydroxyl groups is 2. The standard InChI is InChI=1S/C20H29N3O2/c1-2-22-18(12-16-5-9-20(25)10-6-16)14-23-17(13-21)11-15-3-7-19(24)8-4-15/h3-10,17-18,22-25H,2,11-14,21H2,1H3/t17-,18-/m0/s1. The second-order valence-corrected chi connectivity index (χ2v) is 6.34. The number of hydrogen-bond donors (Lipinski definition) is 5. The van der Waals surface area contributed by atoms with Gasteiger partial charge in [-0.2, -0.15) is 0 Å². The van der Waals surface area contributed by atoms with Crippen LogP contribution < -0.4 is 16.4 Å². The van der Waals surface area contributed by atoms with E-state index in [0.717, 1.165) is 31.5 Å². The molecule has 0 heterocycles. The molecule has 0 fully saturated rings. The Kier molecular flexibility index (Phi) is 7.73. The number of phenolic OH excluding ortho intramolecular Hbond substituents is 2. The molecule has 2 atom stereocenters. The van der Waals surface area contributed by atoms with Crippen LogP contribution in [0.4, 0.5) is 0 Å². The van der Waals surface area contributed by atoms with Crippen LogP contribution in [0.2, 0.25) is 0 Å². The average Bonchev–Trinajstić information content (AvgIpc) is 2.62. The molecule has 6 N–H and O–H groups in total. The van der Waals surface area contributed by atoms with Crippen molar-refractivity contribution >= 4 is 0 Å². The van der Waals surface area contributed by atoms with Gasteiger partial charge in [0.05, 0.1) is 0 Å². The third kappa shape index (κ3) is 6.74. The molecule has 0 aliphatic rings. The summed E-state index contributed by atoms with van der Waals surface area (Å²) in [7, 11) is 0. The third-order valence-electron chi connectivity index (χ3n) is 4.27. The SMILES string of the molecule is CCN[C@H](CN[C@H](CN)Cc1ccc(O)cc1)Cc1ccc(O)cc1. The zero-order valence-corrected chi connectivity index (χ0v) is 14.8. The van der Waals surface area contributed by atoms with E-state index in [0.29, 0.717) is 18.3 Å². The molecule has 2 aromatic rings. The molecule has 0 amide bonds. The Morgan fingerprint density at radius 2 is 1.28 bits per heavy atom. The highest BCUT2D eigenvalue weighted by molar-refractivity contribution is 5.27. The minimum atomic E-state index is 0.186.